The molecule has 0 radical (unpaired) electrons. The molecule has 3 aromatic rings. The van der Waals surface area contributed by atoms with E-state index in [0.717, 1.165) is 11.3 Å². The van der Waals surface area contributed by atoms with Gasteiger partial charge in [-0.15, -0.1) is 0 Å². The summed E-state index contributed by atoms with van der Waals surface area (Å²) in [6, 6.07) is 26.6. The van der Waals surface area contributed by atoms with Crippen LogP contribution in [-0.4, -0.2) is 19.1 Å². The van der Waals surface area contributed by atoms with Gasteiger partial charge in [-0.1, -0.05) is 48.5 Å². The number of benzene rings is 3. The molecule has 0 saturated carbocycles. The van der Waals surface area contributed by atoms with E-state index in [9.17, 15) is 4.79 Å². The predicted molar refractivity (Wildman–Crippen MR) is 106 cm³/mol. The van der Waals surface area contributed by atoms with E-state index in [0.29, 0.717) is 24.5 Å². The summed E-state index contributed by atoms with van der Waals surface area (Å²) in [6.45, 7) is 2.86. The molecular formula is C23H23NO3. The molecule has 27 heavy (non-hydrogen) atoms. The number of rotatable bonds is 8. The van der Waals surface area contributed by atoms with Crippen LogP contribution >= 0.6 is 0 Å². The molecule has 0 aliphatic carbocycles. The van der Waals surface area contributed by atoms with Crippen molar-refractivity contribution in [2.45, 2.75) is 13.0 Å². The highest BCUT2D eigenvalue weighted by atomic mass is 16.5. The van der Waals surface area contributed by atoms with Gasteiger partial charge in [-0.05, 0) is 48.9 Å². The van der Waals surface area contributed by atoms with E-state index in [1.165, 1.54) is 0 Å². The monoisotopic (exact) mass is 361 g/mol. The highest BCUT2D eigenvalue weighted by Crippen LogP contribution is 2.15. The van der Waals surface area contributed by atoms with E-state index in [2.05, 4.69) is 5.32 Å². The maximum atomic E-state index is 12.4. The molecule has 4 nitrogen and oxygen atoms in total. The van der Waals surface area contributed by atoms with Crippen molar-refractivity contribution in [2.75, 3.05) is 13.2 Å². The van der Waals surface area contributed by atoms with Gasteiger partial charge in [0.2, 0.25) is 0 Å². The number of nitrogens with one attached hydrogen (secondary N) is 1. The minimum Gasteiger partial charge on any atom is -0.490 e. The molecule has 3 rings (SSSR count). The van der Waals surface area contributed by atoms with Crippen LogP contribution < -0.4 is 14.8 Å². The fourth-order valence-corrected chi connectivity index (χ4v) is 2.64. The van der Waals surface area contributed by atoms with Gasteiger partial charge in [0.25, 0.3) is 5.91 Å². The Morgan fingerprint density at radius 2 is 1.30 bits per heavy atom. The van der Waals surface area contributed by atoms with Crippen LogP contribution in [0.2, 0.25) is 0 Å². The van der Waals surface area contributed by atoms with E-state index in [-0.39, 0.29) is 11.9 Å². The van der Waals surface area contributed by atoms with Gasteiger partial charge in [-0.2, -0.15) is 0 Å². The summed E-state index contributed by atoms with van der Waals surface area (Å²) in [5, 5.41) is 3.00. The Hall–Kier alpha value is -3.27. The topological polar surface area (TPSA) is 47.6 Å². The molecule has 0 spiro atoms. The third-order valence-corrected chi connectivity index (χ3v) is 4.13. The quantitative estimate of drug-likeness (QED) is 0.595. The van der Waals surface area contributed by atoms with Crippen molar-refractivity contribution in [3.8, 4) is 11.5 Å². The van der Waals surface area contributed by atoms with Crippen LogP contribution in [-0.2, 0) is 0 Å². The SMILES string of the molecule is C[C@H](NC(=O)c1ccc(OCCOc2ccccc2)cc1)c1ccccc1. The van der Waals surface area contributed by atoms with Gasteiger partial charge in [0.05, 0.1) is 6.04 Å². The van der Waals surface area contributed by atoms with Crippen LogP contribution in [0.15, 0.2) is 84.9 Å². The first-order chi connectivity index (χ1) is 13.2. The summed E-state index contributed by atoms with van der Waals surface area (Å²) in [4.78, 5) is 12.4. The number of carbonyl (C=O) groups is 1. The van der Waals surface area contributed by atoms with Crippen LogP contribution in [0, 0.1) is 0 Å². The van der Waals surface area contributed by atoms with Crippen molar-refractivity contribution in [3.05, 3.63) is 96.1 Å². The lowest BCUT2D eigenvalue weighted by Gasteiger charge is -2.14. The van der Waals surface area contributed by atoms with Crippen molar-refractivity contribution in [2.24, 2.45) is 0 Å². The van der Waals surface area contributed by atoms with Gasteiger partial charge < -0.3 is 14.8 Å². The van der Waals surface area contributed by atoms with Gasteiger partial charge in [0, 0.05) is 5.56 Å². The molecule has 0 aliphatic heterocycles. The second kappa shape index (κ2) is 9.43. The van der Waals surface area contributed by atoms with Gasteiger partial charge in [0.1, 0.15) is 24.7 Å². The average molecular weight is 361 g/mol. The predicted octanol–water partition coefficient (Wildman–Crippen LogP) is 4.64. The van der Waals surface area contributed by atoms with Crippen molar-refractivity contribution >= 4 is 5.91 Å². The minimum atomic E-state index is -0.106. The Balaban J connectivity index is 1.46. The Kier molecular flexibility index (Phi) is 6.47. The van der Waals surface area contributed by atoms with Crippen LogP contribution in [0.1, 0.15) is 28.9 Å². The van der Waals surface area contributed by atoms with E-state index in [4.69, 9.17) is 9.47 Å². The average Bonchev–Trinajstić information content (AvgIpc) is 2.73. The lowest BCUT2D eigenvalue weighted by molar-refractivity contribution is 0.0940. The molecule has 1 amide bonds. The highest BCUT2D eigenvalue weighted by Gasteiger charge is 2.11. The molecule has 138 valence electrons. The Labute approximate surface area is 159 Å². The van der Waals surface area contributed by atoms with Gasteiger partial charge in [0.15, 0.2) is 0 Å². The second-order valence-electron chi connectivity index (χ2n) is 6.14. The van der Waals surface area contributed by atoms with Crippen molar-refractivity contribution < 1.29 is 14.3 Å². The van der Waals surface area contributed by atoms with Gasteiger partial charge in [-0.25, -0.2) is 0 Å². The maximum Gasteiger partial charge on any atom is 0.251 e. The largest absolute Gasteiger partial charge is 0.490 e. The lowest BCUT2D eigenvalue weighted by Crippen LogP contribution is -2.26. The molecule has 0 aliphatic rings. The molecule has 0 bridgehead atoms. The molecule has 0 saturated heterocycles. The Morgan fingerprint density at radius 3 is 1.89 bits per heavy atom. The summed E-state index contributed by atoms with van der Waals surface area (Å²) < 4.78 is 11.2. The first-order valence-electron chi connectivity index (χ1n) is 8.99. The Bertz CT molecular complexity index is 833. The summed E-state index contributed by atoms with van der Waals surface area (Å²) in [7, 11) is 0. The van der Waals surface area contributed by atoms with Crippen LogP contribution in [0.4, 0.5) is 0 Å². The van der Waals surface area contributed by atoms with Crippen molar-refractivity contribution in [3.63, 3.8) is 0 Å². The molecular weight excluding hydrogens is 338 g/mol. The number of amides is 1. The van der Waals surface area contributed by atoms with E-state index >= 15 is 0 Å². The number of carbonyl (C=O) groups excluding carboxylic acids is 1. The molecule has 0 unspecified atom stereocenters. The lowest BCUT2D eigenvalue weighted by atomic mass is 10.1. The third kappa shape index (κ3) is 5.61. The number of para-hydroxylation sites is 1. The number of hydrogen-bond donors (Lipinski definition) is 1. The second-order valence-corrected chi connectivity index (χ2v) is 6.14. The van der Waals surface area contributed by atoms with Crippen LogP contribution in [0.5, 0.6) is 11.5 Å². The Morgan fingerprint density at radius 1 is 0.778 bits per heavy atom. The highest BCUT2D eigenvalue weighted by molar-refractivity contribution is 5.94. The summed E-state index contributed by atoms with van der Waals surface area (Å²) >= 11 is 0. The van der Waals surface area contributed by atoms with Crippen LogP contribution in [0.25, 0.3) is 0 Å². The molecule has 0 aromatic heterocycles. The number of ether oxygens (including phenoxy) is 2. The van der Waals surface area contributed by atoms with Gasteiger partial charge in [-0.3, -0.25) is 4.79 Å². The zero-order chi connectivity index (χ0) is 18.9. The maximum absolute atomic E-state index is 12.4. The fourth-order valence-electron chi connectivity index (χ4n) is 2.64. The smallest absolute Gasteiger partial charge is 0.251 e. The molecule has 1 atom stereocenters. The normalized spacial score (nSPS) is 11.4. The number of hydrogen-bond acceptors (Lipinski definition) is 3. The van der Waals surface area contributed by atoms with E-state index in [1.54, 1.807) is 24.3 Å². The summed E-state index contributed by atoms with van der Waals surface area (Å²) in [6.07, 6.45) is 0. The molecule has 3 aromatic carbocycles. The molecule has 1 N–H and O–H groups in total. The first kappa shape index (κ1) is 18.5. The molecule has 0 fully saturated rings. The van der Waals surface area contributed by atoms with E-state index in [1.807, 2.05) is 67.6 Å². The van der Waals surface area contributed by atoms with Gasteiger partial charge >= 0.3 is 0 Å². The zero-order valence-corrected chi connectivity index (χ0v) is 15.3. The first-order valence-corrected chi connectivity index (χ1v) is 8.99. The van der Waals surface area contributed by atoms with Crippen molar-refractivity contribution in [1.29, 1.82) is 0 Å². The van der Waals surface area contributed by atoms with Crippen molar-refractivity contribution in [1.82, 2.24) is 5.32 Å². The molecule has 0 heterocycles. The van der Waals surface area contributed by atoms with E-state index < -0.39 is 0 Å². The standard InChI is InChI=1S/C23H23NO3/c1-18(19-8-4-2-5-9-19)24-23(25)20-12-14-22(15-13-20)27-17-16-26-21-10-6-3-7-11-21/h2-15,18H,16-17H2,1H3,(H,24,25)/t18-/m0/s1. The van der Waals surface area contributed by atoms with Crippen LogP contribution in [0.3, 0.4) is 0 Å². The third-order valence-electron chi connectivity index (χ3n) is 4.13. The summed E-state index contributed by atoms with van der Waals surface area (Å²) in [5.41, 5.74) is 1.68. The molecule has 4 heteroatoms. The minimum absolute atomic E-state index is 0.0511. The fraction of sp³-hybridized carbons (Fsp3) is 0.174. The zero-order valence-electron chi connectivity index (χ0n) is 15.3. The summed E-state index contributed by atoms with van der Waals surface area (Å²) in [5.74, 6) is 1.42.